The van der Waals surface area contributed by atoms with Crippen molar-refractivity contribution in [3.63, 3.8) is 0 Å². The van der Waals surface area contributed by atoms with Crippen LogP contribution in [-0.4, -0.2) is 19.6 Å². The van der Waals surface area contributed by atoms with Gasteiger partial charge in [-0.2, -0.15) is 18.6 Å². The minimum Gasteiger partial charge on any atom is -0.690 e. The van der Waals surface area contributed by atoms with E-state index in [2.05, 4.69) is 216 Å². The van der Waals surface area contributed by atoms with E-state index in [1.165, 1.54) is 99.1 Å². The normalized spacial score (nSPS) is 13.8. The van der Waals surface area contributed by atoms with Crippen LogP contribution in [-0.2, 0) is 20.1 Å². The predicted octanol–water partition coefficient (Wildman–Crippen LogP) is 16.9. The number of fused-ring (bicyclic) bond motifs is 3. The molecule has 64 heavy (non-hydrogen) atoms. The maximum atomic E-state index is 4.39. The number of hydrogen-bond donors (Lipinski definition) is 0. The Morgan fingerprint density at radius 3 is 0.734 bits per heavy atom. The van der Waals surface area contributed by atoms with Crippen LogP contribution in [0.5, 0.6) is 0 Å². The minimum atomic E-state index is 0. The van der Waals surface area contributed by atoms with E-state index in [0.29, 0.717) is 0 Å². The van der Waals surface area contributed by atoms with Crippen LogP contribution in [0.4, 0.5) is 0 Å². The molecule has 9 aromatic carbocycles. The zero-order valence-corrected chi connectivity index (χ0v) is 38.1. The Labute approximate surface area is 390 Å². The Morgan fingerprint density at radius 2 is 0.500 bits per heavy atom. The summed E-state index contributed by atoms with van der Waals surface area (Å²) in [5, 5.41) is 21.1. The SMILES string of the molecule is C1=C(c2cccc3cccc(-c4ccccc4)c23)CC[N-]1.C1=C(c2cccc3cccc(-c4ccccc4)c23)CC[N-]1.C1=C(c2cccc3cccc(-c4ccccc4)c23)CC[N-]1.[Ir+3]. The van der Waals surface area contributed by atoms with E-state index in [-0.39, 0.29) is 20.1 Å². The van der Waals surface area contributed by atoms with Gasteiger partial charge >= 0.3 is 20.1 Å². The molecule has 312 valence electrons. The van der Waals surface area contributed by atoms with Gasteiger partial charge in [-0.15, -0.1) is 19.6 Å². The summed E-state index contributed by atoms with van der Waals surface area (Å²) >= 11 is 0. The van der Waals surface area contributed by atoms with Crippen molar-refractivity contribution in [2.24, 2.45) is 0 Å². The Morgan fingerprint density at radius 1 is 0.250 bits per heavy atom. The summed E-state index contributed by atoms with van der Waals surface area (Å²) in [6.45, 7) is 2.75. The first-order chi connectivity index (χ1) is 31.3. The van der Waals surface area contributed by atoms with Crippen molar-refractivity contribution in [3.8, 4) is 33.4 Å². The summed E-state index contributed by atoms with van der Waals surface area (Å²) in [6.07, 6.45) is 9.25. The predicted molar refractivity (Wildman–Crippen MR) is 271 cm³/mol. The molecule has 0 bridgehead atoms. The van der Waals surface area contributed by atoms with E-state index < -0.39 is 0 Å². The number of nitrogens with zero attached hydrogens (tertiary/aromatic N) is 3. The van der Waals surface area contributed by atoms with Gasteiger partial charge in [0.25, 0.3) is 0 Å². The van der Waals surface area contributed by atoms with Gasteiger partial charge in [0, 0.05) is 0 Å². The third-order valence-corrected chi connectivity index (χ3v) is 12.3. The summed E-state index contributed by atoms with van der Waals surface area (Å²) < 4.78 is 0. The van der Waals surface area contributed by atoms with Crippen molar-refractivity contribution < 1.29 is 20.1 Å². The first kappa shape index (κ1) is 42.3. The van der Waals surface area contributed by atoms with Crippen LogP contribution < -0.4 is 0 Å². The maximum Gasteiger partial charge on any atom is 3.00 e. The van der Waals surface area contributed by atoms with Gasteiger partial charge < -0.3 is 16.0 Å². The van der Waals surface area contributed by atoms with Crippen LogP contribution >= 0.6 is 0 Å². The summed E-state index contributed by atoms with van der Waals surface area (Å²) in [5.41, 5.74) is 15.7. The van der Waals surface area contributed by atoms with Crippen molar-refractivity contribution in [2.45, 2.75) is 19.3 Å². The van der Waals surface area contributed by atoms with Gasteiger partial charge in [0.2, 0.25) is 0 Å². The van der Waals surface area contributed by atoms with Crippen LogP contribution in [0, 0.1) is 0 Å². The van der Waals surface area contributed by atoms with Crippen LogP contribution in [0.25, 0.3) is 98.4 Å². The standard InChI is InChI=1S/3C20H16N.Ir/c3*1-2-6-15(7-3-1)18-10-4-8-16-9-5-11-19(20(16)18)17-12-13-21-14-17;/h3*1-11,14H,12-13H2;/q3*-1;+3. The second-order valence-electron chi connectivity index (χ2n) is 16.2. The van der Waals surface area contributed by atoms with Gasteiger partial charge in [-0.3, -0.25) is 0 Å². The molecule has 12 rings (SSSR count). The van der Waals surface area contributed by atoms with Crippen molar-refractivity contribution in [1.29, 1.82) is 0 Å². The molecule has 0 saturated carbocycles. The molecule has 4 heteroatoms. The molecule has 3 heterocycles. The molecular formula is C60H48IrN3. The maximum absolute atomic E-state index is 4.39. The first-order valence-electron chi connectivity index (χ1n) is 22.1. The largest absolute Gasteiger partial charge is 3.00 e. The van der Waals surface area contributed by atoms with E-state index in [1.807, 2.05) is 18.6 Å². The molecule has 3 nitrogen and oxygen atoms in total. The molecule has 9 aromatic rings. The van der Waals surface area contributed by atoms with Crippen molar-refractivity contribution in [2.75, 3.05) is 19.6 Å². The molecule has 0 saturated heterocycles. The molecule has 3 aliphatic rings. The van der Waals surface area contributed by atoms with E-state index in [9.17, 15) is 0 Å². The van der Waals surface area contributed by atoms with Crippen LogP contribution in [0.1, 0.15) is 36.0 Å². The summed E-state index contributed by atoms with van der Waals surface area (Å²) in [5.74, 6) is 0. The Hall–Kier alpha value is -6.97. The third-order valence-electron chi connectivity index (χ3n) is 12.3. The molecule has 3 aliphatic heterocycles. The summed E-state index contributed by atoms with van der Waals surface area (Å²) in [6, 6.07) is 71.2. The van der Waals surface area contributed by atoms with Gasteiger partial charge in [-0.25, -0.2) is 0 Å². The fraction of sp³-hybridized carbons (Fsp3) is 0.100. The first-order valence-corrected chi connectivity index (χ1v) is 22.1. The van der Waals surface area contributed by atoms with Gasteiger partial charge in [-0.1, -0.05) is 217 Å². The molecule has 0 aromatic heterocycles. The van der Waals surface area contributed by atoms with E-state index in [4.69, 9.17) is 0 Å². The third kappa shape index (κ3) is 8.94. The average molecular weight is 1000 g/mol. The average Bonchev–Trinajstić information content (AvgIpc) is 4.21. The van der Waals surface area contributed by atoms with Gasteiger partial charge in [0.15, 0.2) is 0 Å². The molecule has 0 unspecified atom stereocenters. The van der Waals surface area contributed by atoms with E-state index in [1.54, 1.807) is 0 Å². The Bertz CT molecular complexity index is 2780. The molecule has 0 aliphatic carbocycles. The summed E-state index contributed by atoms with van der Waals surface area (Å²) in [4.78, 5) is 0. The van der Waals surface area contributed by atoms with Crippen molar-refractivity contribution in [1.82, 2.24) is 0 Å². The quantitative estimate of drug-likeness (QED) is 0.159. The number of rotatable bonds is 6. The molecule has 0 N–H and O–H groups in total. The second-order valence-corrected chi connectivity index (χ2v) is 16.2. The zero-order chi connectivity index (χ0) is 42.2. The molecule has 0 amide bonds. The molecule has 0 spiro atoms. The molecule has 0 fully saturated rings. The van der Waals surface area contributed by atoms with Crippen molar-refractivity contribution in [3.05, 3.63) is 251 Å². The molecule has 0 atom stereocenters. The van der Waals surface area contributed by atoms with Crippen LogP contribution in [0.3, 0.4) is 0 Å². The van der Waals surface area contributed by atoms with Crippen LogP contribution in [0.2, 0.25) is 0 Å². The van der Waals surface area contributed by atoms with E-state index >= 15 is 0 Å². The van der Waals surface area contributed by atoms with Crippen LogP contribution in [0.15, 0.2) is 219 Å². The Balaban J connectivity index is 0.000000121. The summed E-state index contributed by atoms with van der Waals surface area (Å²) in [7, 11) is 0. The van der Waals surface area contributed by atoms with Gasteiger partial charge in [-0.05, 0) is 102 Å². The minimum absolute atomic E-state index is 0. The van der Waals surface area contributed by atoms with Crippen molar-refractivity contribution >= 4 is 49.0 Å². The second kappa shape index (κ2) is 20.0. The molecule has 0 radical (unpaired) electrons. The van der Waals surface area contributed by atoms with E-state index in [0.717, 1.165) is 38.9 Å². The smallest absolute Gasteiger partial charge is 0.690 e. The monoisotopic (exact) mass is 1000 g/mol. The fourth-order valence-corrected chi connectivity index (χ4v) is 9.29. The fourth-order valence-electron chi connectivity index (χ4n) is 9.29. The Kier molecular flexibility index (Phi) is 13.3. The zero-order valence-electron chi connectivity index (χ0n) is 35.7. The molecular weight excluding hydrogens is 955 g/mol. The number of benzene rings is 9. The topological polar surface area (TPSA) is 42.3 Å². The van der Waals surface area contributed by atoms with Gasteiger partial charge in [0.05, 0.1) is 0 Å². The van der Waals surface area contributed by atoms with Gasteiger partial charge in [0.1, 0.15) is 0 Å². The number of hydrogen-bond acceptors (Lipinski definition) is 0.